The monoisotopic (exact) mass is 352 g/mol. The van der Waals surface area contributed by atoms with Crippen LogP contribution >= 0.6 is 11.6 Å². The van der Waals surface area contributed by atoms with Gasteiger partial charge in [0.25, 0.3) is 0 Å². The molecule has 24 heavy (non-hydrogen) atoms. The van der Waals surface area contributed by atoms with Gasteiger partial charge in [-0.05, 0) is 50.9 Å². The van der Waals surface area contributed by atoms with Crippen LogP contribution in [0.5, 0.6) is 0 Å². The standard InChI is InChI=1S/C16H22BClN2O4/c1-15(2)16(3,4)24-17(23-15)10(8-19)5-9-6-11(18)7-12(13(9)20)14(21)22/h5-7H,8,19-20H2,1-4H3,(H,21,22). The van der Waals surface area contributed by atoms with E-state index >= 15 is 0 Å². The quantitative estimate of drug-likeness (QED) is 0.568. The van der Waals surface area contributed by atoms with E-state index in [0.717, 1.165) is 0 Å². The summed E-state index contributed by atoms with van der Waals surface area (Å²) < 4.78 is 12.0. The maximum atomic E-state index is 11.3. The van der Waals surface area contributed by atoms with Crippen LogP contribution in [-0.2, 0) is 9.31 Å². The van der Waals surface area contributed by atoms with Gasteiger partial charge in [0.2, 0.25) is 0 Å². The van der Waals surface area contributed by atoms with Crippen LogP contribution in [0.2, 0.25) is 5.02 Å². The molecule has 0 atom stereocenters. The minimum atomic E-state index is -1.14. The minimum absolute atomic E-state index is 0.0564. The molecular formula is C16H22BClN2O4. The number of hydrogen-bond acceptors (Lipinski definition) is 5. The fraction of sp³-hybridized carbons (Fsp3) is 0.438. The molecule has 0 amide bonds. The van der Waals surface area contributed by atoms with Crippen molar-refractivity contribution in [2.45, 2.75) is 38.9 Å². The van der Waals surface area contributed by atoms with Gasteiger partial charge in [-0.15, -0.1) is 0 Å². The maximum absolute atomic E-state index is 11.3. The molecule has 1 heterocycles. The lowest BCUT2D eigenvalue weighted by atomic mass is 9.77. The van der Waals surface area contributed by atoms with E-state index in [1.165, 1.54) is 6.07 Å². The zero-order valence-electron chi connectivity index (χ0n) is 14.2. The predicted octanol–water partition coefficient (Wildman–Crippen LogP) is 2.59. The molecule has 1 aromatic rings. The maximum Gasteiger partial charge on any atom is 0.491 e. The Morgan fingerprint density at radius 3 is 2.29 bits per heavy atom. The number of aromatic carboxylic acids is 1. The highest BCUT2D eigenvalue weighted by Gasteiger charge is 2.52. The van der Waals surface area contributed by atoms with Crippen LogP contribution in [0.3, 0.4) is 0 Å². The fourth-order valence-corrected chi connectivity index (χ4v) is 2.58. The SMILES string of the molecule is CC1(C)OB(C(=Cc2cc(Cl)cc(C(=O)O)c2N)CN)OC1(C)C. The van der Waals surface area contributed by atoms with Crippen molar-refractivity contribution in [2.24, 2.45) is 5.73 Å². The third kappa shape index (κ3) is 3.44. The molecular weight excluding hydrogens is 330 g/mol. The fourth-order valence-electron chi connectivity index (χ4n) is 2.35. The van der Waals surface area contributed by atoms with Crippen LogP contribution in [0.1, 0.15) is 43.6 Å². The smallest absolute Gasteiger partial charge is 0.478 e. The molecule has 1 saturated heterocycles. The second-order valence-corrected chi connectivity index (χ2v) is 7.21. The molecule has 1 aliphatic heterocycles. The Balaban J connectivity index is 2.44. The summed E-state index contributed by atoms with van der Waals surface area (Å²) in [5.74, 6) is -1.14. The van der Waals surface area contributed by atoms with Crippen molar-refractivity contribution < 1.29 is 19.2 Å². The zero-order valence-corrected chi connectivity index (χ0v) is 15.0. The van der Waals surface area contributed by atoms with Crippen molar-refractivity contribution in [3.63, 3.8) is 0 Å². The molecule has 6 nitrogen and oxygen atoms in total. The molecule has 1 fully saturated rings. The Kier molecular flexibility index (Phi) is 5.02. The molecule has 0 unspecified atom stereocenters. The predicted molar refractivity (Wildman–Crippen MR) is 95.9 cm³/mol. The molecule has 0 aliphatic carbocycles. The van der Waals surface area contributed by atoms with Gasteiger partial charge in [-0.2, -0.15) is 0 Å². The van der Waals surface area contributed by atoms with Crippen LogP contribution < -0.4 is 11.5 Å². The molecule has 0 aromatic heterocycles. The van der Waals surface area contributed by atoms with Crippen molar-refractivity contribution in [1.82, 2.24) is 0 Å². The summed E-state index contributed by atoms with van der Waals surface area (Å²) in [5, 5.41) is 9.50. The molecule has 0 saturated carbocycles. The van der Waals surface area contributed by atoms with E-state index < -0.39 is 24.3 Å². The van der Waals surface area contributed by atoms with E-state index in [9.17, 15) is 9.90 Å². The van der Waals surface area contributed by atoms with Gasteiger partial charge in [0.1, 0.15) is 0 Å². The molecule has 0 radical (unpaired) electrons. The van der Waals surface area contributed by atoms with E-state index in [1.807, 2.05) is 27.7 Å². The first-order valence-corrected chi connectivity index (χ1v) is 7.95. The van der Waals surface area contributed by atoms with Gasteiger partial charge in [-0.1, -0.05) is 17.7 Å². The summed E-state index contributed by atoms with van der Waals surface area (Å²) in [4.78, 5) is 11.3. The summed E-state index contributed by atoms with van der Waals surface area (Å²) in [5.41, 5.74) is 12.0. The van der Waals surface area contributed by atoms with E-state index in [4.69, 9.17) is 32.4 Å². The largest absolute Gasteiger partial charge is 0.491 e. The lowest BCUT2D eigenvalue weighted by molar-refractivity contribution is 0.00578. The average molecular weight is 353 g/mol. The molecule has 8 heteroatoms. The minimum Gasteiger partial charge on any atom is -0.478 e. The second-order valence-electron chi connectivity index (χ2n) is 6.77. The first-order chi connectivity index (χ1) is 11.0. The highest BCUT2D eigenvalue weighted by Crippen LogP contribution is 2.39. The van der Waals surface area contributed by atoms with Crippen LogP contribution in [0.4, 0.5) is 5.69 Å². The number of hydrogen-bond donors (Lipinski definition) is 3. The number of nitrogens with two attached hydrogens (primary N) is 2. The van der Waals surface area contributed by atoms with Gasteiger partial charge < -0.3 is 25.9 Å². The van der Waals surface area contributed by atoms with Gasteiger partial charge in [0.05, 0.1) is 22.5 Å². The topological polar surface area (TPSA) is 108 Å². The lowest BCUT2D eigenvalue weighted by Crippen LogP contribution is -2.41. The molecule has 2 rings (SSSR count). The Bertz CT molecular complexity index is 688. The number of carboxylic acids is 1. The van der Waals surface area contributed by atoms with Gasteiger partial charge in [-0.25, -0.2) is 4.79 Å². The average Bonchev–Trinajstić information content (AvgIpc) is 2.67. The van der Waals surface area contributed by atoms with E-state index in [0.29, 0.717) is 11.0 Å². The summed E-state index contributed by atoms with van der Waals surface area (Å²) in [6.07, 6.45) is 1.68. The van der Waals surface area contributed by atoms with Gasteiger partial charge in [0.15, 0.2) is 0 Å². The number of carboxylic acid groups (broad SMARTS) is 1. The normalized spacial score (nSPS) is 19.6. The van der Waals surface area contributed by atoms with Crippen LogP contribution in [0, 0.1) is 0 Å². The Labute approximate surface area is 146 Å². The molecule has 1 aromatic carbocycles. The van der Waals surface area contributed by atoms with Gasteiger partial charge >= 0.3 is 13.1 Å². The number of benzene rings is 1. The highest BCUT2D eigenvalue weighted by atomic mass is 35.5. The third-order valence-electron chi connectivity index (χ3n) is 4.54. The van der Waals surface area contributed by atoms with Crippen LogP contribution in [0.25, 0.3) is 6.08 Å². The molecule has 5 N–H and O–H groups in total. The first-order valence-electron chi connectivity index (χ1n) is 7.57. The lowest BCUT2D eigenvalue weighted by Gasteiger charge is -2.32. The summed E-state index contributed by atoms with van der Waals surface area (Å²) in [7, 11) is -0.633. The highest BCUT2D eigenvalue weighted by molar-refractivity contribution is 6.56. The van der Waals surface area contributed by atoms with E-state index in [2.05, 4.69) is 0 Å². The van der Waals surface area contributed by atoms with Crippen molar-refractivity contribution in [3.8, 4) is 0 Å². The molecule has 130 valence electrons. The summed E-state index contributed by atoms with van der Waals surface area (Å²) in [6, 6.07) is 2.90. The number of rotatable bonds is 4. The van der Waals surface area contributed by atoms with Gasteiger partial charge in [0, 0.05) is 11.6 Å². The zero-order chi connectivity index (χ0) is 18.3. The third-order valence-corrected chi connectivity index (χ3v) is 4.76. The Morgan fingerprint density at radius 1 is 1.29 bits per heavy atom. The van der Waals surface area contributed by atoms with Crippen molar-refractivity contribution >= 4 is 36.5 Å². The Hall–Kier alpha value is -1.54. The number of anilines is 1. The molecule has 0 spiro atoms. The second kappa shape index (κ2) is 6.40. The van der Waals surface area contributed by atoms with Crippen LogP contribution in [0.15, 0.2) is 17.6 Å². The molecule has 0 bridgehead atoms. The van der Waals surface area contributed by atoms with Crippen molar-refractivity contribution in [3.05, 3.63) is 33.8 Å². The number of carbonyl (C=O) groups is 1. The van der Waals surface area contributed by atoms with Crippen molar-refractivity contribution in [1.29, 1.82) is 0 Å². The summed E-state index contributed by atoms with van der Waals surface area (Å²) in [6.45, 7) is 7.94. The number of halogens is 1. The van der Waals surface area contributed by atoms with Crippen molar-refractivity contribution in [2.75, 3.05) is 12.3 Å². The van der Waals surface area contributed by atoms with Crippen LogP contribution in [-0.4, -0.2) is 35.9 Å². The van der Waals surface area contributed by atoms with E-state index in [1.54, 1.807) is 12.1 Å². The Morgan fingerprint density at radius 2 is 1.83 bits per heavy atom. The van der Waals surface area contributed by atoms with Gasteiger partial charge in [-0.3, -0.25) is 0 Å². The first kappa shape index (κ1) is 18.8. The number of nitrogen functional groups attached to an aromatic ring is 1. The molecule has 1 aliphatic rings. The summed E-state index contributed by atoms with van der Waals surface area (Å²) >= 11 is 6.00. The van der Waals surface area contributed by atoms with E-state index in [-0.39, 0.29) is 22.8 Å².